The van der Waals surface area contributed by atoms with Crippen LogP contribution in [0.15, 0.2) is 28.8 Å². The number of carbonyl (C=O) groups is 1. The van der Waals surface area contributed by atoms with E-state index >= 15 is 0 Å². The van der Waals surface area contributed by atoms with Crippen LogP contribution in [0, 0.1) is 6.92 Å². The molecule has 0 saturated carbocycles. The quantitative estimate of drug-likeness (QED) is 0.887. The Balaban J connectivity index is 1.88. The van der Waals surface area contributed by atoms with Gasteiger partial charge in [-0.1, -0.05) is 28.9 Å². The zero-order valence-corrected chi connectivity index (χ0v) is 12.7. The van der Waals surface area contributed by atoms with Gasteiger partial charge in [-0.25, -0.2) is 0 Å². The lowest BCUT2D eigenvalue weighted by molar-refractivity contribution is -0.121. The molecule has 5 nitrogen and oxygen atoms in total. The molecule has 0 fully saturated rings. The van der Waals surface area contributed by atoms with Crippen molar-refractivity contribution in [3.8, 4) is 11.4 Å². The van der Waals surface area contributed by atoms with Crippen LogP contribution < -0.4 is 5.32 Å². The zero-order valence-electron chi connectivity index (χ0n) is 12.7. The molecule has 1 amide bonds. The highest BCUT2D eigenvalue weighted by atomic mass is 16.5. The third-order valence-electron chi connectivity index (χ3n) is 2.99. The molecule has 0 saturated heterocycles. The number of benzene rings is 1. The van der Waals surface area contributed by atoms with Crippen molar-refractivity contribution in [2.75, 3.05) is 0 Å². The first kappa shape index (κ1) is 15.2. The second kappa shape index (κ2) is 7.02. The van der Waals surface area contributed by atoms with Gasteiger partial charge in [0.1, 0.15) is 0 Å². The molecule has 2 aromatic rings. The minimum absolute atomic E-state index is 0.0587. The van der Waals surface area contributed by atoms with Crippen molar-refractivity contribution in [2.24, 2.45) is 0 Å². The molecule has 2 rings (SSSR count). The molecule has 0 spiro atoms. The predicted molar refractivity (Wildman–Crippen MR) is 80.7 cm³/mol. The van der Waals surface area contributed by atoms with Crippen LogP contribution in [0.25, 0.3) is 11.4 Å². The van der Waals surface area contributed by atoms with Gasteiger partial charge in [-0.2, -0.15) is 4.98 Å². The molecular formula is C16H21N3O2. The highest BCUT2D eigenvalue weighted by molar-refractivity contribution is 5.76. The summed E-state index contributed by atoms with van der Waals surface area (Å²) in [4.78, 5) is 15.9. The molecule has 21 heavy (non-hydrogen) atoms. The second-order valence-electron chi connectivity index (χ2n) is 5.46. The highest BCUT2D eigenvalue weighted by Crippen LogP contribution is 2.17. The summed E-state index contributed by atoms with van der Waals surface area (Å²) in [5, 5.41) is 6.85. The van der Waals surface area contributed by atoms with Crippen LogP contribution in [0.4, 0.5) is 0 Å². The molecule has 1 aromatic carbocycles. The number of nitrogens with one attached hydrogen (secondary N) is 1. The number of aryl methyl sites for hydroxylation is 2. The Bertz CT molecular complexity index is 605. The summed E-state index contributed by atoms with van der Waals surface area (Å²) in [6.07, 6.45) is 1.79. The maximum Gasteiger partial charge on any atom is 0.226 e. The number of carbonyl (C=O) groups excluding carboxylic acids is 1. The first-order valence-electron chi connectivity index (χ1n) is 7.23. The number of hydrogen-bond acceptors (Lipinski definition) is 4. The Morgan fingerprint density at radius 2 is 2.19 bits per heavy atom. The van der Waals surface area contributed by atoms with Crippen molar-refractivity contribution in [3.05, 3.63) is 35.7 Å². The molecule has 0 aliphatic rings. The lowest BCUT2D eigenvalue weighted by atomic mass is 10.1. The Morgan fingerprint density at radius 1 is 1.38 bits per heavy atom. The fourth-order valence-electron chi connectivity index (χ4n) is 2.05. The van der Waals surface area contributed by atoms with Gasteiger partial charge in [0.25, 0.3) is 0 Å². The van der Waals surface area contributed by atoms with E-state index < -0.39 is 0 Å². The van der Waals surface area contributed by atoms with Crippen LogP contribution >= 0.6 is 0 Å². The topological polar surface area (TPSA) is 68.0 Å². The van der Waals surface area contributed by atoms with Gasteiger partial charge in [0.2, 0.25) is 17.6 Å². The third-order valence-corrected chi connectivity index (χ3v) is 2.99. The van der Waals surface area contributed by atoms with Crippen LogP contribution in [0.2, 0.25) is 0 Å². The standard InChI is InChI=1S/C16H21N3O2/c1-11(2)17-14(20)8-5-9-15-18-16(19-21-15)13-7-4-6-12(3)10-13/h4,6-7,10-11H,5,8-9H2,1-3H3,(H,17,20). The fourth-order valence-corrected chi connectivity index (χ4v) is 2.05. The van der Waals surface area contributed by atoms with Crippen molar-refractivity contribution in [2.45, 2.75) is 46.1 Å². The average Bonchev–Trinajstić information content (AvgIpc) is 2.86. The van der Waals surface area contributed by atoms with Crippen molar-refractivity contribution < 1.29 is 9.32 Å². The number of aromatic nitrogens is 2. The van der Waals surface area contributed by atoms with Gasteiger partial charge in [-0.15, -0.1) is 0 Å². The molecule has 1 aromatic heterocycles. The van der Waals surface area contributed by atoms with E-state index in [-0.39, 0.29) is 11.9 Å². The number of nitrogens with zero attached hydrogens (tertiary/aromatic N) is 2. The third kappa shape index (κ3) is 4.70. The number of hydrogen-bond donors (Lipinski definition) is 1. The van der Waals surface area contributed by atoms with E-state index in [0.717, 1.165) is 11.1 Å². The summed E-state index contributed by atoms with van der Waals surface area (Å²) < 4.78 is 5.23. The summed E-state index contributed by atoms with van der Waals surface area (Å²) in [6.45, 7) is 5.92. The van der Waals surface area contributed by atoms with E-state index in [1.165, 1.54) is 0 Å². The molecule has 1 heterocycles. The minimum Gasteiger partial charge on any atom is -0.354 e. The molecule has 1 N–H and O–H groups in total. The monoisotopic (exact) mass is 287 g/mol. The van der Waals surface area contributed by atoms with Crippen molar-refractivity contribution in [3.63, 3.8) is 0 Å². The Morgan fingerprint density at radius 3 is 2.90 bits per heavy atom. The minimum atomic E-state index is 0.0587. The molecule has 5 heteroatoms. The van der Waals surface area contributed by atoms with Gasteiger partial charge < -0.3 is 9.84 Å². The summed E-state index contributed by atoms with van der Waals surface area (Å²) in [5.41, 5.74) is 2.10. The number of amides is 1. The smallest absolute Gasteiger partial charge is 0.226 e. The maximum absolute atomic E-state index is 11.5. The molecule has 112 valence electrons. The van der Waals surface area contributed by atoms with Gasteiger partial charge in [0, 0.05) is 24.4 Å². The average molecular weight is 287 g/mol. The molecule has 0 atom stereocenters. The van der Waals surface area contributed by atoms with Crippen LogP contribution in [0.5, 0.6) is 0 Å². The van der Waals surface area contributed by atoms with E-state index in [4.69, 9.17) is 4.52 Å². The highest BCUT2D eigenvalue weighted by Gasteiger charge is 2.10. The summed E-state index contributed by atoms with van der Waals surface area (Å²) in [5.74, 6) is 1.23. The van der Waals surface area contributed by atoms with Gasteiger partial charge in [-0.3, -0.25) is 4.79 Å². The van der Waals surface area contributed by atoms with E-state index in [1.807, 2.05) is 45.0 Å². The van der Waals surface area contributed by atoms with Crippen LogP contribution in [-0.4, -0.2) is 22.1 Å². The molecule has 0 aliphatic heterocycles. The van der Waals surface area contributed by atoms with E-state index in [2.05, 4.69) is 15.5 Å². The van der Waals surface area contributed by atoms with E-state index in [1.54, 1.807) is 0 Å². The summed E-state index contributed by atoms with van der Waals surface area (Å²) >= 11 is 0. The number of rotatable bonds is 6. The predicted octanol–water partition coefficient (Wildman–Crippen LogP) is 2.89. The van der Waals surface area contributed by atoms with Crippen molar-refractivity contribution >= 4 is 5.91 Å². The van der Waals surface area contributed by atoms with Gasteiger partial charge in [0.05, 0.1) is 0 Å². The lowest BCUT2D eigenvalue weighted by Crippen LogP contribution is -2.29. The van der Waals surface area contributed by atoms with Crippen molar-refractivity contribution in [1.29, 1.82) is 0 Å². The van der Waals surface area contributed by atoms with Gasteiger partial charge >= 0.3 is 0 Å². The molecule has 0 radical (unpaired) electrons. The first-order chi connectivity index (χ1) is 10.0. The molecular weight excluding hydrogens is 266 g/mol. The Labute approximate surface area is 124 Å². The Kier molecular flexibility index (Phi) is 5.09. The van der Waals surface area contributed by atoms with Gasteiger partial charge in [-0.05, 0) is 33.3 Å². The second-order valence-corrected chi connectivity index (χ2v) is 5.46. The summed E-state index contributed by atoms with van der Waals surface area (Å²) in [7, 11) is 0. The molecule has 0 unspecified atom stereocenters. The maximum atomic E-state index is 11.5. The van der Waals surface area contributed by atoms with Crippen molar-refractivity contribution in [1.82, 2.24) is 15.5 Å². The molecule has 0 bridgehead atoms. The fraction of sp³-hybridized carbons (Fsp3) is 0.438. The SMILES string of the molecule is Cc1cccc(-c2noc(CCCC(=O)NC(C)C)n2)c1. The van der Waals surface area contributed by atoms with Crippen LogP contribution in [-0.2, 0) is 11.2 Å². The first-order valence-corrected chi connectivity index (χ1v) is 7.23. The lowest BCUT2D eigenvalue weighted by Gasteiger charge is -2.06. The zero-order chi connectivity index (χ0) is 15.2. The van der Waals surface area contributed by atoms with Gasteiger partial charge in [0.15, 0.2) is 0 Å². The molecule has 0 aliphatic carbocycles. The van der Waals surface area contributed by atoms with E-state index in [0.29, 0.717) is 31.0 Å². The Hall–Kier alpha value is -2.17. The van der Waals surface area contributed by atoms with Crippen LogP contribution in [0.3, 0.4) is 0 Å². The summed E-state index contributed by atoms with van der Waals surface area (Å²) in [6, 6.07) is 8.14. The normalized spacial score (nSPS) is 10.9. The van der Waals surface area contributed by atoms with Crippen LogP contribution in [0.1, 0.15) is 38.1 Å². The van der Waals surface area contributed by atoms with E-state index in [9.17, 15) is 4.79 Å². The largest absolute Gasteiger partial charge is 0.354 e.